The number of nitrogens with zero attached hydrogens (tertiary/aromatic N) is 6. The molecule has 346 valence electrons. The minimum absolute atomic E-state index is 0.0440. The molecule has 0 atom stereocenters. The molecule has 23 heteroatoms. The molecule has 3 aromatic heterocycles. The van der Waals surface area contributed by atoms with Crippen molar-refractivity contribution in [1.82, 2.24) is 29.9 Å². The number of nitrogens with two attached hydrogens (primary N) is 1. The van der Waals surface area contributed by atoms with E-state index in [0.717, 1.165) is 16.2 Å². The van der Waals surface area contributed by atoms with E-state index in [9.17, 15) is 18.3 Å². The standard InChI is InChI=1S/C16H11ClFN3O2.C10H7ClN2O2.C8H5ClN2O2.C6H5ClFN.C2H4BrCl.CH3F/c17-10-2-1-3-11(15(10)18)21-16-9-6-13-14(23-5-4-22-13)7-12(9)19-8-20-16;11-10-6-3-8-9(15-2-1-14-8)4-7(6)12-5-13-10;9-8-4-1-6(12)7(13)2-5(4)10-3-11-8;7-4-2-1-3-5(9)6(4)8;3-1-2-4;1-2/h1-3,6-8H,4-5H2,(H,19,20,21);3-5H,1-2H2;1-3,12-13H;1-3H,9H2;1-2H2;1H3/i;;;;;1D. The molecular formula is C43H35BrCl5F3N8O6. The number of hydrogen-bond acceptors (Lipinski definition) is 14. The quantitative estimate of drug-likeness (QED) is 0.0565. The van der Waals surface area contributed by atoms with Gasteiger partial charge in [-0.3, -0.25) is 4.39 Å². The van der Waals surface area contributed by atoms with Gasteiger partial charge in [0.05, 0.1) is 46.5 Å². The Kier molecular flexibility index (Phi) is 19.0. The monoisotopic (exact) mass is 1070 g/mol. The van der Waals surface area contributed by atoms with Gasteiger partial charge in [0, 0.05) is 45.6 Å². The molecule has 5 heterocycles. The van der Waals surface area contributed by atoms with Crippen molar-refractivity contribution in [3.8, 4) is 34.5 Å². The third-order valence-electron chi connectivity index (χ3n) is 8.49. The molecule has 14 nitrogen and oxygen atoms in total. The molecule has 5 N–H and O–H groups in total. The van der Waals surface area contributed by atoms with Crippen molar-refractivity contribution in [1.29, 1.82) is 0 Å². The van der Waals surface area contributed by atoms with Gasteiger partial charge >= 0.3 is 0 Å². The second kappa shape index (κ2) is 25.2. The first-order valence-electron chi connectivity index (χ1n) is 19.4. The van der Waals surface area contributed by atoms with Crippen molar-refractivity contribution >= 4 is 124 Å². The number of ether oxygens (including phenoxy) is 4. The maximum atomic E-state index is 14.1. The number of nitrogens with one attached hydrogen (secondary N) is 1. The lowest BCUT2D eigenvalue weighted by molar-refractivity contribution is 0.172. The van der Waals surface area contributed by atoms with E-state index in [0.29, 0.717) is 88.1 Å². The third kappa shape index (κ3) is 13.4. The number of aromatic nitrogens is 6. The zero-order chi connectivity index (χ0) is 48.5. The van der Waals surface area contributed by atoms with Crippen LogP contribution in [0, 0.1) is 11.6 Å². The first kappa shape index (κ1) is 49.7. The number of benzene rings is 5. The summed E-state index contributed by atoms with van der Waals surface area (Å²) in [5.74, 6) is 2.32. The highest BCUT2D eigenvalue weighted by Crippen LogP contribution is 2.38. The summed E-state index contributed by atoms with van der Waals surface area (Å²) in [6.45, 7) is 2.11. The van der Waals surface area contributed by atoms with Crippen molar-refractivity contribution < 1.29 is 43.7 Å². The molecule has 5 aromatic carbocycles. The lowest BCUT2D eigenvalue weighted by Gasteiger charge is -2.19. The van der Waals surface area contributed by atoms with Gasteiger partial charge in [0.15, 0.2) is 46.1 Å². The highest BCUT2D eigenvalue weighted by atomic mass is 79.9. The molecule has 0 aliphatic carbocycles. The highest BCUT2D eigenvalue weighted by molar-refractivity contribution is 9.09. The summed E-state index contributed by atoms with van der Waals surface area (Å²) in [5, 5.41) is 25.0. The fourth-order valence-electron chi connectivity index (χ4n) is 5.55. The number of fused-ring (bicyclic) bond motifs is 5. The first-order chi connectivity index (χ1) is 32.3. The summed E-state index contributed by atoms with van der Waals surface area (Å²) < 4.78 is 64.1. The molecule has 0 saturated carbocycles. The van der Waals surface area contributed by atoms with Crippen molar-refractivity contribution in [2.45, 2.75) is 0 Å². The molecule has 0 fully saturated rings. The Hall–Kier alpha value is -5.76. The summed E-state index contributed by atoms with van der Waals surface area (Å²) >= 11 is 31.1. The second-order valence-corrected chi connectivity index (χ2v) is 15.4. The first-order valence-corrected chi connectivity index (χ1v) is 21.9. The van der Waals surface area contributed by atoms with E-state index >= 15 is 0 Å². The van der Waals surface area contributed by atoms with E-state index in [1.807, 2.05) is 12.1 Å². The van der Waals surface area contributed by atoms with E-state index in [4.69, 9.17) is 89.2 Å². The average molecular weight is 1070 g/mol. The maximum Gasteiger partial charge on any atom is 0.165 e. The van der Waals surface area contributed by atoms with E-state index in [-0.39, 0.29) is 38.1 Å². The Labute approximate surface area is 409 Å². The van der Waals surface area contributed by atoms with Crippen molar-refractivity contribution in [2.24, 2.45) is 0 Å². The number of alkyl halides is 3. The summed E-state index contributed by atoms with van der Waals surface area (Å²) in [7, 11) is -1.00. The fourth-order valence-corrected chi connectivity index (χ4v) is 6.30. The molecule has 0 unspecified atom stereocenters. The minimum Gasteiger partial charge on any atom is -0.504 e. The second-order valence-electron chi connectivity index (χ2n) is 12.7. The molecule has 10 rings (SSSR count). The van der Waals surface area contributed by atoms with Crippen LogP contribution < -0.4 is 30.0 Å². The van der Waals surface area contributed by atoms with Crippen LogP contribution in [-0.4, -0.2) is 84.9 Å². The van der Waals surface area contributed by atoms with Crippen LogP contribution in [0.4, 0.5) is 30.4 Å². The van der Waals surface area contributed by atoms with Crippen LogP contribution in [0.15, 0.2) is 91.8 Å². The van der Waals surface area contributed by atoms with Gasteiger partial charge in [-0.2, -0.15) is 0 Å². The largest absolute Gasteiger partial charge is 0.504 e. The van der Waals surface area contributed by atoms with Gasteiger partial charge in [-0.15, -0.1) is 11.6 Å². The number of aromatic hydroxyl groups is 2. The number of halogens is 9. The molecule has 66 heavy (non-hydrogen) atoms. The van der Waals surface area contributed by atoms with Gasteiger partial charge in [0.1, 0.15) is 61.5 Å². The summed E-state index contributed by atoms with van der Waals surface area (Å²) in [4.78, 5) is 24.1. The lowest BCUT2D eigenvalue weighted by Crippen LogP contribution is -2.15. The number of rotatable bonds is 3. The zero-order valence-corrected chi connectivity index (χ0v) is 39.2. The summed E-state index contributed by atoms with van der Waals surface area (Å²) in [6.07, 6.45) is 4.13. The lowest BCUT2D eigenvalue weighted by atomic mass is 10.2. The number of nitrogen functional groups attached to an aromatic ring is 1. The predicted octanol–water partition coefficient (Wildman–Crippen LogP) is 12.0. The molecule has 0 spiro atoms. The van der Waals surface area contributed by atoms with Gasteiger partial charge in [-0.1, -0.05) is 74.5 Å². The smallest absolute Gasteiger partial charge is 0.165 e. The number of hydrogen-bond donors (Lipinski definition) is 4. The van der Waals surface area contributed by atoms with Crippen molar-refractivity contribution in [2.75, 3.05) is 55.8 Å². The molecular weight excluding hydrogens is 1040 g/mol. The van der Waals surface area contributed by atoms with Crippen LogP contribution in [0.2, 0.25) is 20.4 Å². The fraction of sp³-hybridized carbons (Fsp3) is 0.163. The Balaban J connectivity index is 0.000000167. The van der Waals surface area contributed by atoms with Crippen LogP contribution >= 0.6 is 73.9 Å². The van der Waals surface area contributed by atoms with Crippen LogP contribution in [0.1, 0.15) is 1.37 Å². The van der Waals surface area contributed by atoms with Crippen molar-refractivity contribution in [3.05, 3.63) is 124 Å². The Morgan fingerprint density at radius 1 is 0.652 bits per heavy atom. The van der Waals surface area contributed by atoms with E-state index in [2.05, 4.69) is 51.2 Å². The van der Waals surface area contributed by atoms with Crippen LogP contribution in [0.25, 0.3) is 32.7 Å². The Morgan fingerprint density at radius 2 is 1.08 bits per heavy atom. The van der Waals surface area contributed by atoms with E-state index in [1.165, 1.54) is 49.3 Å². The van der Waals surface area contributed by atoms with E-state index in [1.54, 1.807) is 30.3 Å². The maximum absolute atomic E-state index is 14.1. The normalized spacial score (nSPS) is 11.9. The van der Waals surface area contributed by atoms with Gasteiger partial charge in [0.25, 0.3) is 0 Å². The molecule has 8 aromatic rings. The minimum atomic E-state index is -1.00. The van der Waals surface area contributed by atoms with Crippen LogP contribution in [-0.2, 0) is 0 Å². The molecule has 2 aliphatic heterocycles. The molecule has 0 bridgehead atoms. The summed E-state index contributed by atoms with van der Waals surface area (Å²) in [5.41, 5.74) is 7.42. The molecule has 0 amide bonds. The average Bonchev–Trinajstić information content (AvgIpc) is 3.33. The number of anilines is 3. The molecule has 0 radical (unpaired) electrons. The number of phenols is 2. The van der Waals surface area contributed by atoms with Crippen LogP contribution in [0.3, 0.4) is 0 Å². The zero-order valence-electron chi connectivity index (χ0n) is 34.8. The van der Waals surface area contributed by atoms with Crippen molar-refractivity contribution in [3.63, 3.8) is 0 Å². The Morgan fingerprint density at radius 3 is 1.59 bits per heavy atom. The van der Waals surface area contributed by atoms with Gasteiger partial charge in [-0.05, 0) is 42.5 Å². The van der Waals surface area contributed by atoms with Gasteiger partial charge in [-0.25, -0.2) is 38.7 Å². The van der Waals surface area contributed by atoms with Gasteiger partial charge < -0.3 is 40.2 Å². The predicted molar refractivity (Wildman–Crippen MR) is 256 cm³/mol. The van der Waals surface area contributed by atoms with Gasteiger partial charge in [0.2, 0.25) is 0 Å². The highest BCUT2D eigenvalue weighted by Gasteiger charge is 2.17. The molecule has 0 saturated heterocycles. The Bertz CT molecular complexity index is 2920. The SMILES string of the molecule is ClCCBr.Clc1ncnc2cc3c(cc12)OCCO3.Fc1c(Cl)cccc1Nc1ncnc2cc3c(cc12)OCCO3.Nc1cccc(Cl)c1F.Oc1cc2ncnc(Cl)c2cc1O.[2H]CF. The van der Waals surface area contributed by atoms with E-state index < -0.39 is 18.8 Å². The third-order valence-corrected chi connectivity index (χ3v) is 10.7. The summed E-state index contributed by atoms with van der Waals surface area (Å²) in [6, 6.07) is 19.1. The topological polar surface area (TPSA) is 193 Å². The number of phenolic OH excluding ortho intramolecular Hbond substituents is 2. The van der Waals surface area contributed by atoms with Crippen LogP contribution in [0.5, 0.6) is 34.5 Å². The molecule has 2 aliphatic rings.